The number of hydrogen-bond acceptors (Lipinski definition) is 3. The number of rotatable bonds is 3. The number of thiophene rings is 1. The van der Waals surface area contributed by atoms with E-state index in [1.807, 2.05) is 30.3 Å². The van der Waals surface area contributed by atoms with Crippen molar-refractivity contribution in [1.29, 1.82) is 0 Å². The molecule has 0 amide bonds. The molecule has 0 spiro atoms. The molecule has 2 N–H and O–H groups in total. The van der Waals surface area contributed by atoms with Crippen LogP contribution in [-0.2, 0) is 6.54 Å². The lowest BCUT2D eigenvalue weighted by Gasteiger charge is -2.05. The van der Waals surface area contributed by atoms with Crippen LogP contribution in [0.2, 0.25) is 5.02 Å². The molecule has 4 heteroatoms. The van der Waals surface area contributed by atoms with Crippen LogP contribution in [0.3, 0.4) is 0 Å². The van der Waals surface area contributed by atoms with E-state index in [2.05, 4.69) is 11.4 Å². The molecule has 1 aromatic heterocycles. The highest BCUT2D eigenvalue weighted by atomic mass is 35.5. The van der Waals surface area contributed by atoms with E-state index >= 15 is 0 Å². The van der Waals surface area contributed by atoms with Gasteiger partial charge < -0.3 is 10.4 Å². The Labute approximate surface area is 120 Å². The van der Waals surface area contributed by atoms with Crippen LogP contribution in [0.4, 0.5) is 5.69 Å². The van der Waals surface area contributed by atoms with E-state index in [4.69, 9.17) is 11.6 Å². The number of hydrogen-bond donors (Lipinski definition) is 2. The molecule has 2 nitrogen and oxygen atoms in total. The number of halogens is 1. The fourth-order valence-electron chi connectivity index (χ4n) is 1.98. The minimum Gasteiger partial charge on any atom is -0.508 e. The molecule has 0 unspecified atom stereocenters. The summed E-state index contributed by atoms with van der Waals surface area (Å²) in [5.74, 6) is 0.257. The smallest absolute Gasteiger partial charge is 0.117 e. The highest BCUT2D eigenvalue weighted by Crippen LogP contribution is 2.35. The second kappa shape index (κ2) is 5.11. The average Bonchev–Trinajstić information content (AvgIpc) is 2.74. The van der Waals surface area contributed by atoms with Crippen LogP contribution in [0.5, 0.6) is 5.75 Å². The van der Waals surface area contributed by atoms with Crippen molar-refractivity contribution in [2.24, 2.45) is 0 Å². The first-order valence-corrected chi connectivity index (χ1v) is 7.12. The molecule has 19 heavy (non-hydrogen) atoms. The average molecular weight is 290 g/mol. The zero-order valence-corrected chi connectivity index (χ0v) is 11.6. The Morgan fingerprint density at radius 1 is 1.11 bits per heavy atom. The molecular formula is C15H12ClNOS. The zero-order valence-electron chi connectivity index (χ0n) is 10.1. The highest BCUT2D eigenvalue weighted by Gasteiger charge is 2.09. The van der Waals surface area contributed by atoms with Gasteiger partial charge in [0.05, 0.1) is 11.6 Å². The summed E-state index contributed by atoms with van der Waals surface area (Å²) in [4.78, 5) is 1.10. The van der Waals surface area contributed by atoms with Crippen molar-refractivity contribution < 1.29 is 5.11 Å². The number of benzene rings is 2. The van der Waals surface area contributed by atoms with Crippen LogP contribution in [0, 0.1) is 0 Å². The Balaban J connectivity index is 1.84. The summed E-state index contributed by atoms with van der Waals surface area (Å²) < 4.78 is 1.19. The van der Waals surface area contributed by atoms with Crippen molar-refractivity contribution in [3.05, 3.63) is 58.4 Å². The Kier molecular flexibility index (Phi) is 3.32. The third kappa shape index (κ3) is 2.53. The fraction of sp³-hybridized carbons (Fsp3) is 0.0667. The van der Waals surface area contributed by atoms with E-state index in [0.717, 1.165) is 21.0 Å². The molecule has 0 fully saturated rings. The first kappa shape index (κ1) is 12.3. The maximum atomic E-state index is 9.42. The van der Waals surface area contributed by atoms with Gasteiger partial charge in [-0.15, -0.1) is 11.3 Å². The molecule has 1 heterocycles. The van der Waals surface area contributed by atoms with E-state index in [-0.39, 0.29) is 5.75 Å². The Morgan fingerprint density at radius 3 is 2.74 bits per heavy atom. The lowest BCUT2D eigenvalue weighted by atomic mass is 10.2. The third-order valence-corrected chi connectivity index (χ3v) is 4.62. The third-order valence-electron chi connectivity index (χ3n) is 2.90. The number of fused-ring (bicyclic) bond motifs is 1. The van der Waals surface area contributed by atoms with Crippen LogP contribution in [0.25, 0.3) is 10.1 Å². The van der Waals surface area contributed by atoms with Gasteiger partial charge in [0.2, 0.25) is 0 Å². The highest BCUT2D eigenvalue weighted by molar-refractivity contribution is 7.19. The van der Waals surface area contributed by atoms with Crippen molar-refractivity contribution in [3.8, 4) is 5.75 Å². The van der Waals surface area contributed by atoms with E-state index in [9.17, 15) is 5.11 Å². The van der Waals surface area contributed by atoms with Crippen LogP contribution in [-0.4, -0.2) is 5.11 Å². The number of nitrogens with one attached hydrogen (secondary N) is 1. The van der Waals surface area contributed by atoms with E-state index < -0.39 is 0 Å². The lowest BCUT2D eigenvalue weighted by molar-refractivity contribution is 0.475. The monoisotopic (exact) mass is 289 g/mol. The van der Waals surface area contributed by atoms with Gasteiger partial charge in [0.1, 0.15) is 5.75 Å². The van der Waals surface area contributed by atoms with Crippen molar-refractivity contribution in [3.63, 3.8) is 0 Å². The number of phenolic OH excluding ortho intramolecular Hbond substituents is 1. The van der Waals surface area contributed by atoms with Gasteiger partial charge in [-0.3, -0.25) is 0 Å². The van der Waals surface area contributed by atoms with Gasteiger partial charge in [-0.25, -0.2) is 0 Å². The summed E-state index contributed by atoms with van der Waals surface area (Å²) in [6.07, 6.45) is 0. The molecule has 3 rings (SSSR count). The van der Waals surface area contributed by atoms with Crippen molar-refractivity contribution in [2.45, 2.75) is 6.54 Å². The van der Waals surface area contributed by atoms with E-state index in [1.165, 1.54) is 4.70 Å². The summed E-state index contributed by atoms with van der Waals surface area (Å²) in [6, 6.07) is 15.2. The Morgan fingerprint density at radius 2 is 1.95 bits per heavy atom. The van der Waals surface area contributed by atoms with Crippen molar-refractivity contribution in [1.82, 2.24) is 0 Å². The SMILES string of the molecule is Oc1cccc(NCc2sc3ccccc3c2Cl)c1. The quantitative estimate of drug-likeness (QED) is 0.721. The maximum Gasteiger partial charge on any atom is 0.117 e. The summed E-state index contributed by atoms with van der Waals surface area (Å²) in [5, 5.41) is 14.6. The lowest BCUT2D eigenvalue weighted by Crippen LogP contribution is -1.97. The second-order valence-electron chi connectivity index (χ2n) is 4.24. The summed E-state index contributed by atoms with van der Waals surface area (Å²) in [7, 11) is 0. The molecule has 96 valence electrons. The van der Waals surface area contributed by atoms with Crippen molar-refractivity contribution >= 4 is 38.7 Å². The van der Waals surface area contributed by atoms with Gasteiger partial charge in [0, 0.05) is 26.7 Å². The van der Waals surface area contributed by atoms with E-state index in [1.54, 1.807) is 23.5 Å². The topological polar surface area (TPSA) is 32.3 Å². The van der Waals surface area contributed by atoms with Crippen molar-refractivity contribution in [2.75, 3.05) is 5.32 Å². The van der Waals surface area contributed by atoms with Gasteiger partial charge in [-0.1, -0.05) is 35.9 Å². The second-order valence-corrected chi connectivity index (χ2v) is 5.75. The normalized spacial score (nSPS) is 10.8. The van der Waals surface area contributed by atoms with Gasteiger partial charge in [-0.05, 0) is 18.2 Å². The number of phenols is 1. The zero-order chi connectivity index (χ0) is 13.2. The molecule has 0 aliphatic rings. The summed E-state index contributed by atoms with van der Waals surface area (Å²) in [5.41, 5.74) is 0.883. The molecule has 3 aromatic rings. The van der Waals surface area contributed by atoms with Crippen LogP contribution in [0.1, 0.15) is 4.88 Å². The standard InChI is InChI=1S/C15H12ClNOS/c16-15-12-6-1-2-7-13(12)19-14(15)9-17-10-4-3-5-11(18)8-10/h1-8,17-18H,9H2. The molecule has 0 radical (unpaired) electrons. The van der Waals surface area contributed by atoms with Gasteiger partial charge >= 0.3 is 0 Å². The molecule has 0 saturated heterocycles. The Bertz CT molecular complexity index is 723. The molecule has 0 saturated carbocycles. The maximum absolute atomic E-state index is 9.42. The fourth-order valence-corrected chi connectivity index (χ4v) is 3.42. The predicted octanol–water partition coefficient (Wildman–Crippen LogP) is 4.87. The largest absolute Gasteiger partial charge is 0.508 e. The van der Waals surface area contributed by atoms with Gasteiger partial charge in [-0.2, -0.15) is 0 Å². The predicted molar refractivity (Wildman–Crippen MR) is 82.3 cm³/mol. The summed E-state index contributed by atoms with van der Waals surface area (Å²) in [6.45, 7) is 0.654. The Hall–Kier alpha value is -1.71. The number of anilines is 1. The van der Waals surface area contributed by atoms with Gasteiger partial charge in [0.25, 0.3) is 0 Å². The first-order valence-electron chi connectivity index (χ1n) is 5.93. The first-order chi connectivity index (χ1) is 9.24. The molecule has 0 aliphatic carbocycles. The molecule has 0 atom stereocenters. The van der Waals surface area contributed by atoms with Crippen LogP contribution >= 0.6 is 22.9 Å². The minimum absolute atomic E-state index is 0.257. The molecule has 2 aromatic carbocycles. The molecule has 0 aliphatic heterocycles. The molecule has 0 bridgehead atoms. The van der Waals surface area contributed by atoms with Gasteiger partial charge in [0.15, 0.2) is 0 Å². The van der Waals surface area contributed by atoms with Crippen LogP contribution < -0.4 is 5.32 Å². The summed E-state index contributed by atoms with van der Waals surface area (Å²) >= 11 is 8.07. The van der Waals surface area contributed by atoms with E-state index in [0.29, 0.717) is 6.54 Å². The molecular weight excluding hydrogens is 278 g/mol. The minimum atomic E-state index is 0.257. The number of aromatic hydroxyl groups is 1. The van der Waals surface area contributed by atoms with Crippen LogP contribution in [0.15, 0.2) is 48.5 Å².